The number of Topliss-reactive ketones (excluding diaryl/α,β-unsaturated/α-hetero) is 1. The van der Waals surface area contributed by atoms with E-state index in [1.165, 1.54) is 12.1 Å². The van der Waals surface area contributed by atoms with Crippen molar-refractivity contribution in [2.45, 2.75) is 31.4 Å². The molecule has 2 N–H and O–H groups in total. The molecule has 0 radical (unpaired) electrons. The minimum Gasteiger partial charge on any atom is -0.329 e. The molecule has 4 rings (SSSR count). The normalized spacial score (nSPS) is 21.4. The number of nitrogens with one attached hydrogen (secondary N) is 2. The first-order valence-electron chi connectivity index (χ1n) is 9.81. The third-order valence-corrected chi connectivity index (χ3v) is 5.58. The van der Waals surface area contributed by atoms with Crippen LogP contribution in [0.4, 0.5) is 18.9 Å². The van der Waals surface area contributed by atoms with Crippen molar-refractivity contribution < 1.29 is 27.6 Å². The summed E-state index contributed by atoms with van der Waals surface area (Å²) in [6.45, 7) is 0. The second kappa shape index (κ2) is 8.02. The zero-order chi connectivity index (χ0) is 22.2. The first kappa shape index (κ1) is 20.8. The lowest BCUT2D eigenvalue weighted by Crippen LogP contribution is -2.43. The Morgan fingerprint density at radius 1 is 0.968 bits per heavy atom. The number of carbonyl (C=O) groups is 3. The van der Waals surface area contributed by atoms with Gasteiger partial charge >= 0.3 is 6.18 Å². The molecule has 1 aliphatic heterocycles. The Morgan fingerprint density at radius 3 is 2.42 bits per heavy atom. The number of anilines is 1. The fourth-order valence-corrected chi connectivity index (χ4v) is 4.15. The molecule has 1 heterocycles. The maximum Gasteiger partial charge on any atom is 0.416 e. The van der Waals surface area contributed by atoms with Gasteiger partial charge in [0.15, 0.2) is 5.78 Å². The fourth-order valence-electron chi connectivity index (χ4n) is 4.15. The van der Waals surface area contributed by atoms with Gasteiger partial charge in [-0.2, -0.15) is 13.2 Å². The smallest absolute Gasteiger partial charge is 0.329 e. The largest absolute Gasteiger partial charge is 0.416 e. The van der Waals surface area contributed by atoms with Crippen LogP contribution in [0.2, 0.25) is 0 Å². The van der Waals surface area contributed by atoms with Crippen LogP contribution >= 0.6 is 0 Å². The first-order valence-corrected chi connectivity index (χ1v) is 9.81. The van der Waals surface area contributed by atoms with Gasteiger partial charge in [0.25, 0.3) is 0 Å². The van der Waals surface area contributed by atoms with E-state index in [-0.39, 0.29) is 35.8 Å². The van der Waals surface area contributed by atoms with Crippen LogP contribution in [0.25, 0.3) is 0 Å². The van der Waals surface area contributed by atoms with Gasteiger partial charge in [0, 0.05) is 29.8 Å². The molecule has 2 atom stereocenters. The second-order valence-corrected chi connectivity index (χ2v) is 7.70. The number of carbonyl (C=O) groups excluding carboxylic acids is 3. The Bertz CT molecular complexity index is 1080. The van der Waals surface area contributed by atoms with Crippen molar-refractivity contribution in [2.75, 3.05) is 5.32 Å². The summed E-state index contributed by atoms with van der Waals surface area (Å²) in [4.78, 5) is 38.0. The quantitative estimate of drug-likeness (QED) is 0.770. The lowest BCUT2D eigenvalue weighted by Gasteiger charge is -2.33. The van der Waals surface area contributed by atoms with Crippen molar-refractivity contribution in [1.29, 1.82) is 0 Å². The van der Waals surface area contributed by atoms with Gasteiger partial charge in [0.1, 0.15) is 0 Å². The minimum atomic E-state index is -4.55. The molecule has 0 aromatic heterocycles. The summed E-state index contributed by atoms with van der Waals surface area (Å²) in [7, 11) is 0. The molecule has 0 saturated carbocycles. The lowest BCUT2D eigenvalue weighted by atomic mass is 9.75. The van der Waals surface area contributed by atoms with E-state index < -0.39 is 29.5 Å². The van der Waals surface area contributed by atoms with Gasteiger partial charge in [-0.05, 0) is 36.1 Å². The van der Waals surface area contributed by atoms with Gasteiger partial charge < -0.3 is 10.6 Å². The van der Waals surface area contributed by atoms with E-state index in [9.17, 15) is 27.6 Å². The molecule has 0 spiro atoms. The topological polar surface area (TPSA) is 75.3 Å². The van der Waals surface area contributed by atoms with Crippen molar-refractivity contribution in [2.24, 2.45) is 5.92 Å². The van der Waals surface area contributed by atoms with Crippen molar-refractivity contribution in [3.63, 3.8) is 0 Å². The third kappa shape index (κ3) is 4.38. The molecule has 0 fully saturated rings. The molecule has 0 unspecified atom stereocenters. The Hall–Kier alpha value is -3.42. The molecule has 2 aromatic rings. The number of rotatable bonds is 3. The van der Waals surface area contributed by atoms with E-state index in [0.29, 0.717) is 12.1 Å². The third-order valence-electron chi connectivity index (χ3n) is 5.58. The summed E-state index contributed by atoms with van der Waals surface area (Å²) in [6, 6.07) is 13.7. The number of hydrogen-bond acceptors (Lipinski definition) is 3. The van der Waals surface area contributed by atoms with Crippen LogP contribution in [0.5, 0.6) is 0 Å². The Labute approximate surface area is 176 Å². The predicted molar refractivity (Wildman–Crippen MR) is 107 cm³/mol. The predicted octanol–water partition coefficient (Wildman–Crippen LogP) is 4.18. The Morgan fingerprint density at radius 2 is 1.71 bits per heavy atom. The molecule has 2 aromatic carbocycles. The molecule has 5 nitrogen and oxygen atoms in total. The number of allylic oxidation sites excluding steroid dienone is 1. The number of benzene rings is 2. The van der Waals surface area contributed by atoms with Crippen molar-refractivity contribution in [1.82, 2.24) is 5.32 Å². The summed E-state index contributed by atoms with van der Waals surface area (Å²) in [5.74, 6) is -2.46. The van der Waals surface area contributed by atoms with Gasteiger partial charge in [-0.3, -0.25) is 14.4 Å². The lowest BCUT2D eigenvalue weighted by molar-refractivity contribution is -0.137. The summed E-state index contributed by atoms with van der Waals surface area (Å²) in [6.07, 6.45) is -4.17. The maximum atomic E-state index is 12.9. The van der Waals surface area contributed by atoms with Crippen LogP contribution in [0.1, 0.15) is 36.3 Å². The highest BCUT2D eigenvalue weighted by Gasteiger charge is 2.40. The summed E-state index contributed by atoms with van der Waals surface area (Å²) >= 11 is 0. The molecular formula is C23H19F3N2O3. The maximum absolute atomic E-state index is 12.9. The number of halogens is 3. The van der Waals surface area contributed by atoms with Crippen LogP contribution in [0.3, 0.4) is 0 Å². The number of hydrogen-bond donors (Lipinski definition) is 2. The van der Waals surface area contributed by atoms with Crippen LogP contribution in [0, 0.1) is 5.92 Å². The fraction of sp³-hybridized carbons (Fsp3) is 0.261. The molecule has 31 heavy (non-hydrogen) atoms. The van der Waals surface area contributed by atoms with Crippen molar-refractivity contribution in [3.05, 3.63) is 77.0 Å². The van der Waals surface area contributed by atoms with E-state index in [1.54, 1.807) is 0 Å². The number of alkyl halides is 3. The summed E-state index contributed by atoms with van der Waals surface area (Å²) in [5, 5.41) is 5.15. The summed E-state index contributed by atoms with van der Waals surface area (Å²) < 4.78 is 38.8. The summed E-state index contributed by atoms with van der Waals surface area (Å²) in [5.41, 5.74) is 0.693. The van der Waals surface area contributed by atoms with Crippen LogP contribution in [-0.4, -0.2) is 17.6 Å². The Kier molecular flexibility index (Phi) is 5.39. The molecule has 1 aliphatic carbocycles. The van der Waals surface area contributed by atoms with Gasteiger partial charge in [0.05, 0.1) is 11.5 Å². The SMILES string of the molecule is O=C1C[C@H](C(=O)Nc2cccc(C(F)(F)F)c2)C2=C(C[C@H](c3ccccc3)CC2=O)N1. The van der Waals surface area contributed by atoms with E-state index in [4.69, 9.17) is 0 Å². The molecule has 2 aliphatic rings. The average molecular weight is 428 g/mol. The molecule has 160 valence electrons. The zero-order valence-corrected chi connectivity index (χ0v) is 16.3. The van der Waals surface area contributed by atoms with Crippen molar-refractivity contribution in [3.8, 4) is 0 Å². The monoisotopic (exact) mass is 428 g/mol. The van der Waals surface area contributed by atoms with E-state index >= 15 is 0 Å². The standard InChI is InChI=1S/C23H19F3N2O3/c24-23(25,26)15-7-4-8-16(11-15)27-22(31)17-12-20(30)28-18-9-14(10-19(29)21(17)18)13-5-2-1-3-6-13/h1-8,11,14,17H,9-10,12H2,(H,27,31)(H,28,30)/t14-,17-/m0/s1. The van der Waals surface area contributed by atoms with E-state index in [1.807, 2.05) is 30.3 Å². The van der Waals surface area contributed by atoms with Gasteiger partial charge in [-0.25, -0.2) is 0 Å². The molecule has 2 amide bonds. The van der Waals surface area contributed by atoms with E-state index in [0.717, 1.165) is 17.7 Å². The first-order chi connectivity index (χ1) is 14.7. The molecule has 0 bridgehead atoms. The molecule has 0 saturated heterocycles. The highest BCUT2D eigenvalue weighted by atomic mass is 19.4. The highest BCUT2D eigenvalue weighted by Crippen LogP contribution is 2.39. The average Bonchev–Trinajstić information content (AvgIpc) is 2.73. The van der Waals surface area contributed by atoms with Crippen LogP contribution < -0.4 is 10.6 Å². The van der Waals surface area contributed by atoms with Crippen LogP contribution in [0.15, 0.2) is 65.9 Å². The van der Waals surface area contributed by atoms with Gasteiger partial charge in [-0.1, -0.05) is 36.4 Å². The van der Waals surface area contributed by atoms with Gasteiger partial charge in [0.2, 0.25) is 11.8 Å². The zero-order valence-electron chi connectivity index (χ0n) is 16.3. The van der Waals surface area contributed by atoms with Crippen molar-refractivity contribution >= 4 is 23.3 Å². The minimum absolute atomic E-state index is 0.0432. The highest BCUT2D eigenvalue weighted by molar-refractivity contribution is 6.09. The van der Waals surface area contributed by atoms with Gasteiger partial charge in [-0.15, -0.1) is 0 Å². The molecular weight excluding hydrogens is 409 g/mol. The van der Waals surface area contributed by atoms with E-state index in [2.05, 4.69) is 10.6 Å². The number of amides is 2. The Balaban J connectivity index is 1.59. The molecule has 8 heteroatoms. The second-order valence-electron chi connectivity index (χ2n) is 7.70. The van der Waals surface area contributed by atoms with Crippen LogP contribution in [-0.2, 0) is 20.6 Å². The number of ketones is 1.